The minimum atomic E-state index is -0.596. The number of carbonyl (C=O) groups excluding carboxylic acids is 2. The molecule has 9 nitrogen and oxygen atoms in total. The summed E-state index contributed by atoms with van der Waals surface area (Å²) in [6.07, 6.45) is -0.0729. The molecule has 0 saturated carbocycles. The van der Waals surface area contributed by atoms with Crippen LogP contribution in [0.25, 0.3) is 21.9 Å². The monoisotopic (exact) mass is 393 g/mol. The van der Waals surface area contributed by atoms with E-state index in [9.17, 15) is 14.4 Å². The fourth-order valence-electron chi connectivity index (χ4n) is 2.83. The number of aryl methyl sites for hydroxylation is 1. The molecule has 4 rings (SSSR count). The molecule has 4 aromatic rings. The molecule has 0 aliphatic rings. The highest BCUT2D eigenvalue weighted by molar-refractivity contribution is 5.93. The molecular weight excluding hydrogens is 378 g/mol. The summed E-state index contributed by atoms with van der Waals surface area (Å²) in [6, 6.07) is 13.1. The number of furan rings is 1. The molecule has 29 heavy (non-hydrogen) atoms. The fraction of sp³-hybridized carbons (Fsp3) is 0.150. The van der Waals surface area contributed by atoms with Crippen LogP contribution in [-0.2, 0) is 16.1 Å². The largest absolute Gasteiger partial charge is 0.463 e. The molecule has 0 aliphatic carbocycles. The lowest BCUT2D eigenvalue weighted by Crippen LogP contribution is -2.26. The van der Waals surface area contributed by atoms with E-state index >= 15 is 0 Å². The van der Waals surface area contributed by atoms with Crippen LogP contribution in [0.5, 0.6) is 5.75 Å². The Morgan fingerprint density at radius 3 is 2.79 bits per heavy atom. The number of hydrogen-bond donors (Lipinski definition) is 0. The third kappa shape index (κ3) is 3.70. The van der Waals surface area contributed by atoms with E-state index in [1.807, 2.05) is 0 Å². The second-order valence-corrected chi connectivity index (χ2v) is 6.16. The molecule has 0 amide bonds. The number of aromatic nitrogens is 3. The van der Waals surface area contributed by atoms with Gasteiger partial charge in [0.15, 0.2) is 0 Å². The Morgan fingerprint density at radius 1 is 1.14 bits per heavy atom. The Bertz CT molecular complexity index is 1290. The number of esters is 2. The minimum Gasteiger partial charge on any atom is -0.463 e. The van der Waals surface area contributed by atoms with Crippen LogP contribution in [0.2, 0.25) is 0 Å². The highest BCUT2D eigenvalue weighted by Crippen LogP contribution is 2.25. The zero-order chi connectivity index (χ0) is 20.4. The van der Waals surface area contributed by atoms with Gasteiger partial charge in [-0.2, -0.15) is 0 Å². The summed E-state index contributed by atoms with van der Waals surface area (Å²) in [4.78, 5) is 36.1. The van der Waals surface area contributed by atoms with Gasteiger partial charge in [0.1, 0.15) is 16.8 Å². The van der Waals surface area contributed by atoms with Crippen LogP contribution >= 0.6 is 0 Å². The van der Waals surface area contributed by atoms with Crippen molar-refractivity contribution in [1.82, 2.24) is 15.0 Å². The molecule has 0 spiro atoms. The lowest BCUT2D eigenvalue weighted by molar-refractivity contribution is -0.134. The molecule has 0 atom stereocenters. The van der Waals surface area contributed by atoms with Crippen molar-refractivity contribution in [2.75, 3.05) is 7.11 Å². The molecule has 0 radical (unpaired) electrons. The maximum atomic E-state index is 12.4. The first kappa shape index (κ1) is 18.4. The lowest BCUT2D eigenvalue weighted by atomic mass is 10.2. The van der Waals surface area contributed by atoms with Gasteiger partial charge in [-0.15, -0.1) is 5.10 Å². The summed E-state index contributed by atoms with van der Waals surface area (Å²) in [5.74, 6) is -0.835. The summed E-state index contributed by atoms with van der Waals surface area (Å²) >= 11 is 0. The molecule has 9 heteroatoms. The first-order chi connectivity index (χ1) is 14.0. The Labute approximate surface area is 163 Å². The summed E-state index contributed by atoms with van der Waals surface area (Å²) in [6.45, 7) is 0.0327. The molecule has 2 aromatic carbocycles. The van der Waals surface area contributed by atoms with Crippen LogP contribution in [0.3, 0.4) is 0 Å². The molecular formula is C20H15N3O6. The predicted molar refractivity (Wildman–Crippen MR) is 102 cm³/mol. The van der Waals surface area contributed by atoms with E-state index in [2.05, 4.69) is 15.0 Å². The Hall–Kier alpha value is -4.01. The van der Waals surface area contributed by atoms with Crippen molar-refractivity contribution in [3.05, 3.63) is 64.6 Å². The topological polar surface area (TPSA) is 114 Å². The van der Waals surface area contributed by atoms with E-state index in [1.54, 1.807) is 36.4 Å². The fourth-order valence-corrected chi connectivity index (χ4v) is 2.83. The number of fused-ring (bicyclic) bond motifs is 2. The SMILES string of the molecule is COC(=O)c1cc2ccc(OC(=O)CCn3nnc4ccccc4c3=O)cc2o1. The van der Waals surface area contributed by atoms with Gasteiger partial charge in [-0.3, -0.25) is 9.59 Å². The van der Waals surface area contributed by atoms with Gasteiger partial charge in [0, 0.05) is 11.5 Å². The summed E-state index contributed by atoms with van der Waals surface area (Å²) in [5.41, 5.74) is 0.553. The van der Waals surface area contributed by atoms with Crippen LogP contribution in [0.4, 0.5) is 0 Å². The van der Waals surface area contributed by atoms with E-state index in [1.165, 1.54) is 19.2 Å². The van der Waals surface area contributed by atoms with Crippen LogP contribution in [0.15, 0.2) is 57.7 Å². The molecule has 0 fully saturated rings. The van der Waals surface area contributed by atoms with Crippen molar-refractivity contribution in [3.8, 4) is 5.75 Å². The highest BCUT2D eigenvalue weighted by atomic mass is 16.5. The molecule has 0 N–H and O–H groups in total. The van der Waals surface area contributed by atoms with E-state index in [-0.39, 0.29) is 30.0 Å². The maximum Gasteiger partial charge on any atom is 0.373 e. The number of methoxy groups -OCH3 is 1. The number of ether oxygens (including phenoxy) is 2. The highest BCUT2D eigenvalue weighted by Gasteiger charge is 2.14. The Balaban J connectivity index is 1.45. The summed E-state index contributed by atoms with van der Waals surface area (Å²) in [5, 5.41) is 8.91. The quantitative estimate of drug-likeness (QED) is 0.375. The van der Waals surface area contributed by atoms with Crippen molar-refractivity contribution in [2.45, 2.75) is 13.0 Å². The average molecular weight is 393 g/mol. The van der Waals surface area contributed by atoms with E-state index in [0.717, 1.165) is 4.68 Å². The first-order valence-corrected chi connectivity index (χ1v) is 8.70. The van der Waals surface area contributed by atoms with Crippen LogP contribution < -0.4 is 10.3 Å². The van der Waals surface area contributed by atoms with Gasteiger partial charge in [0.05, 0.1) is 25.5 Å². The van der Waals surface area contributed by atoms with Gasteiger partial charge >= 0.3 is 11.9 Å². The molecule has 0 bridgehead atoms. The van der Waals surface area contributed by atoms with Gasteiger partial charge in [-0.05, 0) is 30.3 Å². The van der Waals surface area contributed by atoms with Crippen LogP contribution in [0, 0.1) is 0 Å². The van der Waals surface area contributed by atoms with Crippen molar-refractivity contribution >= 4 is 33.8 Å². The van der Waals surface area contributed by atoms with Gasteiger partial charge in [0.2, 0.25) is 5.76 Å². The molecule has 2 aromatic heterocycles. The van der Waals surface area contributed by atoms with Crippen molar-refractivity contribution in [2.24, 2.45) is 0 Å². The number of rotatable bonds is 5. The Kier molecular flexibility index (Phi) is 4.78. The smallest absolute Gasteiger partial charge is 0.373 e. The van der Waals surface area contributed by atoms with Crippen molar-refractivity contribution in [3.63, 3.8) is 0 Å². The zero-order valence-corrected chi connectivity index (χ0v) is 15.3. The average Bonchev–Trinajstić information content (AvgIpc) is 3.16. The van der Waals surface area contributed by atoms with Crippen LogP contribution in [-0.4, -0.2) is 34.0 Å². The van der Waals surface area contributed by atoms with Gasteiger partial charge in [-0.1, -0.05) is 17.3 Å². The minimum absolute atomic E-state index is 0.0327. The van der Waals surface area contributed by atoms with Gasteiger partial charge in [0.25, 0.3) is 5.56 Å². The normalized spacial score (nSPS) is 10.9. The first-order valence-electron chi connectivity index (χ1n) is 8.70. The van der Waals surface area contributed by atoms with Crippen molar-refractivity contribution in [1.29, 1.82) is 0 Å². The molecule has 2 heterocycles. The predicted octanol–water partition coefficient (Wildman–Crippen LogP) is 2.32. The zero-order valence-electron chi connectivity index (χ0n) is 15.3. The number of nitrogens with zero attached hydrogens (tertiary/aromatic N) is 3. The molecule has 0 aliphatic heterocycles. The second-order valence-electron chi connectivity index (χ2n) is 6.16. The van der Waals surface area contributed by atoms with E-state index in [4.69, 9.17) is 9.15 Å². The number of hydrogen-bond acceptors (Lipinski definition) is 8. The number of carbonyl (C=O) groups is 2. The van der Waals surface area contributed by atoms with Gasteiger partial charge in [-0.25, -0.2) is 9.48 Å². The van der Waals surface area contributed by atoms with Crippen LogP contribution in [0.1, 0.15) is 17.0 Å². The molecule has 0 saturated heterocycles. The summed E-state index contributed by atoms with van der Waals surface area (Å²) in [7, 11) is 1.26. The van der Waals surface area contributed by atoms with Gasteiger partial charge < -0.3 is 13.9 Å². The standard InChI is InChI=1S/C20H15N3O6/c1-27-20(26)17-10-12-6-7-13(11-16(12)29-17)28-18(24)8-9-23-19(25)14-4-2-3-5-15(14)21-22-23/h2-7,10-11H,8-9H2,1H3. The van der Waals surface area contributed by atoms with Crippen molar-refractivity contribution < 1.29 is 23.5 Å². The lowest BCUT2D eigenvalue weighted by Gasteiger charge is -2.06. The molecule has 0 unspecified atom stereocenters. The third-order valence-electron chi connectivity index (χ3n) is 4.27. The maximum absolute atomic E-state index is 12.4. The second kappa shape index (κ2) is 7.55. The van der Waals surface area contributed by atoms with E-state index < -0.39 is 11.9 Å². The third-order valence-corrected chi connectivity index (χ3v) is 4.27. The summed E-state index contributed by atoms with van der Waals surface area (Å²) < 4.78 is 16.4. The van der Waals surface area contributed by atoms with E-state index in [0.29, 0.717) is 21.9 Å². The molecule has 146 valence electrons. The number of benzene rings is 2. The Morgan fingerprint density at radius 2 is 1.97 bits per heavy atom.